The predicted molar refractivity (Wildman–Crippen MR) is 85.3 cm³/mol. The maximum atomic E-state index is 6.14. The van der Waals surface area contributed by atoms with Crippen LogP contribution in [0, 0.1) is 18.8 Å². The van der Waals surface area contributed by atoms with Gasteiger partial charge in [0, 0.05) is 29.9 Å². The molecule has 2 heterocycles. The molecule has 1 aromatic heterocycles. The lowest BCUT2D eigenvalue weighted by atomic mass is 9.79. The molecule has 4 nitrogen and oxygen atoms in total. The van der Waals surface area contributed by atoms with Gasteiger partial charge in [-0.3, -0.25) is 0 Å². The van der Waals surface area contributed by atoms with Gasteiger partial charge < -0.3 is 10.6 Å². The van der Waals surface area contributed by atoms with Gasteiger partial charge in [-0.15, -0.1) is 5.10 Å². The summed E-state index contributed by atoms with van der Waals surface area (Å²) in [7, 11) is 0. The number of aromatic nitrogens is 2. The van der Waals surface area contributed by atoms with E-state index in [0.29, 0.717) is 6.04 Å². The van der Waals surface area contributed by atoms with Gasteiger partial charge >= 0.3 is 0 Å². The van der Waals surface area contributed by atoms with Crippen molar-refractivity contribution >= 4 is 16.6 Å². The molecule has 0 spiro atoms. The molecule has 4 rings (SSSR count). The lowest BCUT2D eigenvalue weighted by Gasteiger charge is -2.27. The average Bonchev–Trinajstić information content (AvgIpc) is 2.90. The summed E-state index contributed by atoms with van der Waals surface area (Å²) in [6.45, 7) is 4.22. The van der Waals surface area contributed by atoms with Gasteiger partial charge in [-0.2, -0.15) is 5.10 Å². The van der Waals surface area contributed by atoms with Crippen LogP contribution in [0.15, 0.2) is 24.3 Å². The minimum Gasteiger partial charge on any atom is -0.354 e. The van der Waals surface area contributed by atoms with Crippen molar-refractivity contribution in [1.29, 1.82) is 0 Å². The topological polar surface area (TPSA) is 55.0 Å². The van der Waals surface area contributed by atoms with E-state index in [1.54, 1.807) is 0 Å². The first-order chi connectivity index (χ1) is 10.2. The van der Waals surface area contributed by atoms with Gasteiger partial charge in [-0.1, -0.05) is 24.3 Å². The predicted octanol–water partition coefficient (Wildman–Crippen LogP) is 2.50. The van der Waals surface area contributed by atoms with Crippen molar-refractivity contribution in [1.82, 2.24) is 10.2 Å². The number of anilines is 1. The fourth-order valence-corrected chi connectivity index (χ4v) is 4.10. The molecule has 2 aliphatic rings. The first-order valence-corrected chi connectivity index (χ1v) is 7.95. The van der Waals surface area contributed by atoms with Crippen molar-refractivity contribution in [3.8, 4) is 0 Å². The molecule has 4 heteroatoms. The molecular weight excluding hydrogens is 260 g/mol. The molecule has 1 aliphatic carbocycles. The summed E-state index contributed by atoms with van der Waals surface area (Å²) in [6, 6.07) is 8.87. The number of rotatable bonds is 1. The summed E-state index contributed by atoms with van der Waals surface area (Å²) in [5.74, 6) is 2.57. The third kappa shape index (κ3) is 2.18. The largest absolute Gasteiger partial charge is 0.354 e. The second-order valence-corrected chi connectivity index (χ2v) is 6.65. The summed E-state index contributed by atoms with van der Waals surface area (Å²) >= 11 is 0. The molecule has 1 saturated heterocycles. The monoisotopic (exact) mass is 282 g/mol. The van der Waals surface area contributed by atoms with Gasteiger partial charge in [0.2, 0.25) is 0 Å². The molecule has 0 bridgehead atoms. The highest BCUT2D eigenvalue weighted by atomic mass is 15.3. The molecule has 2 N–H and O–H groups in total. The second-order valence-electron chi connectivity index (χ2n) is 6.65. The standard InChI is InChI=1S/C17H22N4/c1-11-15-4-2-3-5-16(15)17(20-19-11)21-9-12-6-7-14(18)8-13(12)10-21/h2-5,12-14H,6-10,18H2,1H3/t12-,13+,14?/m1/s1. The van der Waals surface area contributed by atoms with Crippen LogP contribution in [0.5, 0.6) is 0 Å². The third-order valence-electron chi connectivity index (χ3n) is 5.24. The van der Waals surface area contributed by atoms with Crippen molar-refractivity contribution in [2.75, 3.05) is 18.0 Å². The van der Waals surface area contributed by atoms with E-state index in [9.17, 15) is 0 Å². The van der Waals surface area contributed by atoms with Gasteiger partial charge in [-0.05, 0) is 38.0 Å². The Labute approximate surface area is 125 Å². The molecule has 1 aliphatic heterocycles. The highest BCUT2D eigenvalue weighted by molar-refractivity contribution is 5.93. The molecule has 2 fully saturated rings. The second kappa shape index (κ2) is 4.95. The number of nitrogens with two attached hydrogens (primary N) is 1. The molecule has 0 radical (unpaired) electrons. The molecule has 1 saturated carbocycles. The lowest BCUT2D eigenvalue weighted by Crippen LogP contribution is -2.32. The van der Waals surface area contributed by atoms with Crippen molar-refractivity contribution in [2.24, 2.45) is 17.6 Å². The van der Waals surface area contributed by atoms with E-state index < -0.39 is 0 Å². The zero-order valence-corrected chi connectivity index (χ0v) is 12.5. The normalized spacial score (nSPS) is 28.9. The molecule has 21 heavy (non-hydrogen) atoms. The van der Waals surface area contributed by atoms with Crippen molar-refractivity contribution in [3.05, 3.63) is 30.0 Å². The van der Waals surface area contributed by atoms with Gasteiger partial charge in [0.25, 0.3) is 0 Å². The fraction of sp³-hybridized carbons (Fsp3) is 0.529. The summed E-state index contributed by atoms with van der Waals surface area (Å²) in [4.78, 5) is 2.43. The number of hydrogen-bond donors (Lipinski definition) is 1. The number of hydrogen-bond acceptors (Lipinski definition) is 4. The fourth-order valence-electron chi connectivity index (χ4n) is 4.10. The Morgan fingerprint density at radius 1 is 1.05 bits per heavy atom. The quantitative estimate of drug-likeness (QED) is 0.873. The molecule has 110 valence electrons. The van der Waals surface area contributed by atoms with Gasteiger partial charge in [-0.25, -0.2) is 0 Å². The van der Waals surface area contributed by atoms with Crippen LogP contribution in [0.3, 0.4) is 0 Å². The summed E-state index contributed by atoms with van der Waals surface area (Å²) in [6.07, 6.45) is 3.60. The van der Waals surface area contributed by atoms with Crippen LogP contribution in [-0.4, -0.2) is 29.3 Å². The van der Waals surface area contributed by atoms with Crippen LogP contribution < -0.4 is 10.6 Å². The van der Waals surface area contributed by atoms with E-state index in [1.807, 2.05) is 6.92 Å². The van der Waals surface area contributed by atoms with E-state index in [0.717, 1.165) is 36.4 Å². The summed E-state index contributed by atoms with van der Waals surface area (Å²) in [5.41, 5.74) is 7.15. The highest BCUT2D eigenvalue weighted by Crippen LogP contribution is 2.38. The zero-order chi connectivity index (χ0) is 14.4. The SMILES string of the molecule is Cc1nnc(N2C[C@H]3CCC(N)C[C@H]3C2)c2ccccc12. The van der Waals surface area contributed by atoms with Gasteiger partial charge in [0.15, 0.2) is 5.82 Å². The van der Waals surface area contributed by atoms with Crippen LogP contribution in [0.4, 0.5) is 5.82 Å². The first-order valence-electron chi connectivity index (χ1n) is 7.95. The molecule has 3 atom stereocenters. The Morgan fingerprint density at radius 3 is 2.67 bits per heavy atom. The van der Waals surface area contributed by atoms with E-state index in [1.165, 1.54) is 30.0 Å². The van der Waals surface area contributed by atoms with E-state index in [4.69, 9.17) is 5.73 Å². The average molecular weight is 282 g/mol. The number of nitrogens with zero attached hydrogens (tertiary/aromatic N) is 3. The Bertz CT molecular complexity index is 669. The van der Waals surface area contributed by atoms with Crippen molar-refractivity contribution in [3.63, 3.8) is 0 Å². The Morgan fingerprint density at radius 2 is 1.81 bits per heavy atom. The maximum Gasteiger partial charge on any atom is 0.159 e. The lowest BCUT2D eigenvalue weighted by molar-refractivity contribution is 0.271. The Balaban J connectivity index is 1.70. The van der Waals surface area contributed by atoms with Gasteiger partial charge in [0.05, 0.1) is 5.69 Å². The minimum absolute atomic E-state index is 0.395. The smallest absolute Gasteiger partial charge is 0.159 e. The van der Waals surface area contributed by atoms with Crippen molar-refractivity contribution in [2.45, 2.75) is 32.2 Å². The highest BCUT2D eigenvalue weighted by Gasteiger charge is 2.37. The Hall–Kier alpha value is -1.68. The van der Waals surface area contributed by atoms with Crippen LogP contribution in [0.1, 0.15) is 25.0 Å². The third-order valence-corrected chi connectivity index (χ3v) is 5.24. The van der Waals surface area contributed by atoms with E-state index >= 15 is 0 Å². The number of fused-ring (bicyclic) bond motifs is 2. The van der Waals surface area contributed by atoms with Gasteiger partial charge in [0.1, 0.15) is 0 Å². The molecule has 1 unspecified atom stereocenters. The molecule has 2 aromatic rings. The number of aryl methyl sites for hydroxylation is 1. The summed E-state index contributed by atoms with van der Waals surface area (Å²) in [5, 5.41) is 11.3. The van der Waals surface area contributed by atoms with E-state index in [2.05, 4.69) is 39.4 Å². The number of benzene rings is 1. The molecular formula is C17H22N4. The minimum atomic E-state index is 0.395. The van der Waals surface area contributed by atoms with Crippen LogP contribution in [-0.2, 0) is 0 Å². The summed E-state index contributed by atoms with van der Waals surface area (Å²) < 4.78 is 0. The first kappa shape index (κ1) is 13.0. The van der Waals surface area contributed by atoms with Crippen LogP contribution in [0.2, 0.25) is 0 Å². The molecule has 1 aromatic carbocycles. The maximum absolute atomic E-state index is 6.14. The zero-order valence-electron chi connectivity index (χ0n) is 12.5. The van der Waals surface area contributed by atoms with Crippen LogP contribution in [0.25, 0.3) is 10.8 Å². The Kier molecular flexibility index (Phi) is 3.07. The van der Waals surface area contributed by atoms with Crippen molar-refractivity contribution < 1.29 is 0 Å². The molecule has 0 amide bonds. The van der Waals surface area contributed by atoms with Crippen LogP contribution >= 0.6 is 0 Å². The van der Waals surface area contributed by atoms with E-state index in [-0.39, 0.29) is 0 Å².